The molecule has 0 aromatic heterocycles. The van der Waals surface area contributed by atoms with Crippen LogP contribution in [0.1, 0.15) is 50.4 Å². The molecule has 2 aromatic rings. The molecule has 158 valence electrons. The highest BCUT2D eigenvalue weighted by atomic mass is 16.2. The van der Waals surface area contributed by atoms with Crippen LogP contribution in [-0.4, -0.2) is 29.3 Å². The van der Waals surface area contributed by atoms with Crippen molar-refractivity contribution in [2.45, 2.75) is 45.7 Å². The fraction of sp³-hybridized carbons (Fsp3) is 0.375. The van der Waals surface area contributed by atoms with Gasteiger partial charge in [0.05, 0.1) is 6.04 Å². The van der Waals surface area contributed by atoms with Crippen molar-refractivity contribution in [3.8, 4) is 0 Å². The second-order valence-electron chi connectivity index (χ2n) is 8.44. The summed E-state index contributed by atoms with van der Waals surface area (Å²) in [7, 11) is 0. The lowest BCUT2D eigenvalue weighted by atomic mass is 9.92. The van der Waals surface area contributed by atoms with Crippen LogP contribution in [0.25, 0.3) is 0 Å². The highest BCUT2D eigenvalue weighted by Gasteiger charge is 2.49. The summed E-state index contributed by atoms with van der Waals surface area (Å²) in [6.07, 6.45) is 1.01. The summed E-state index contributed by atoms with van der Waals surface area (Å²) in [6.45, 7) is 7.57. The number of amides is 4. The number of urea groups is 1. The van der Waals surface area contributed by atoms with Crippen LogP contribution in [0, 0.1) is 5.92 Å². The van der Waals surface area contributed by atoms with Gasteiger partial charge in [-0.3, -0.25) is 14.5 Å². The molecule has 6 nitrogen and oxygen atoms in total. The Morgan fingerprint density at radius 2 is 1.67 bits per heavy atom. The fourth-order valence-electron chi connectivity index (χ4n) is 3.74. The number of carbonyl (C=O) groups is 3. The Hall–Kier alpha value is -3.15. The van der Waals surface area contributed by atoms with Gasteiger partial charge >= 0.3 is 6.03 Å². The van der Waals surface area contributed by atoms with Crippen LogP contribution in [0.5, 0.6) is 0 Å². The zero-order valence-electron chi connectivity index (χ0n) is 17.9. The number of carbonyl (C=O) groups excluding carboxylic acids is 3. The van der Waals surface area contributed by atoms with Crippen LogP contribution in [0.4, 0.5) is 4.79 Å². The van der Waals surface area contributed by atoms with Crippen molar-refractivity contribution in [1.82, 2.24) is 15.5 Å². The number of hydrogen-bond acceptors (Lipinski definition) is 3. The van der Waals surface area contributed by atoms with Crippen molar-refractivity contribution >= 4 is 17.8 Å². The van der Waals surface area contributed by atoms with Gasteiger partial charge in [-0.1, -0.05) is 68.4 Å². The van der Waals surface area contributed by atoms with Gasteiger partial charge < -0.3 is 10.6 Å². The van der Waals surface area contributed by atoms with Crippen LogP contribution in [0.2, 0.25) is 0 Å². The molecule has 0 saturated carbocycles. The summed E-state index contributed by atoms with van der Waals surface area (Å²) in [4.78, 5) is 38.8. The van der Waals surface area contributed by atoms with E-state index in [0.29, 0.717) is 11.5 Å². The summed E-state index contributed by atoms with van der Waals surface area (Å²) in [5.74, 6) is -0.229. The molecule has 1 fully saturated rings. The van der Waals surface area contributed by atoms with Crippen LogP contribution < -0.4 is 10.6 Å². The number of rotatable bonds is 7. The van der Waals surface area contributed by atoms with Crippen LogP contribution in [0.15, 0.2) is 54.6 Å². The highest BCUT2D eigenvalue weighted by Crippen LogP contribution is 2.28. The fourth-order valence-corrected chi connectivity index (χ4v) is 3.74. The molecule has 3 rings (SSSR count). The first-order valence-electron chi connectivity index (χ1n) is 10.3. The predicted molar refractivity (Wildman–Crippen MR) is 116 cm³/mol. The largest absolute Gasteiger partial charge is 0.348 e. The third-order valence-corrected chi connectivity index (χ3v) is 5.43. The van der Waals surface area contributed by atoms with E-state index in [1.807, 2.05) is 37.3 Å². The second kappa shape index (κ2) is 8.69. The first-order valence-corrected chi connectivity index (χ1v) is 10.3. The molecule has 2 atom stereocenters. The lowest BCUT2D eigenvalue weighted by Crippen LogP contribution is -2.43. The monoisotopic (exact) mass is 407 g/mol. The number of imide groups is 1. The molecule has 30 heavy (non-hydrogen) atoms. The lowest BCUT2D eigenvalue weighted by molar-refractivity contribution is -0.135. The Bertz CT molecular complexity index is 924. The average molecular weight is 408 g/mol. The van der Waals surface area contributed by atoms with Gasteiger partial charge in [-0.2, -0.15) is 0 Å². The van der Waals surface area contributed by atoms with Crippen LogP contribution >= 0.6 is 0 Å². The number of hydrogen-bond donors (Lipinski definition) is 2. The summed E-state index contributed by atoms with van der Waals surface area (Å²) in [5.41, 5.74) is 1.74. The van der Waals surface area contributed by atoms with Crippen molar-refractivity contribution in [2.24, 2.45) is 5.92 Å². The van der Waals surface area contributed by atoms with E-state index in [-0.39, 0.29) is 18.5 Å². The topological polar surface area (TPSA) is 78.5 Å². The molecule has 4 amide bonds. The van der Waals surface area contributed by atoms with Gasteiger partial charge in [-0.25, -0.2) is 4.79 Å². The maximum Gasteiger partial charge on any atom is 0.325 e. The van der Waals surface area contributed by atoms with Crippen molar-refractivity contribution < 1.29 is 14.4 Å². The molecule has 0 spiro atoms. The SMILES string of the molecule is CC(C)Cc1ccc([C@@H](C)NC(=O)CN2C(=O)N[C@@](C)(c3ccccc3)C2=O)cc1. The molecular weight excluding hydrogens is 378 g/mol. The first-order chi connectivity index (χ1) is 14.2. The average Bonchev–Trinajstić information content (AvgIpc) is 2.92. The quantitative estimate of drug-likeness (QED) is 0.689. The Morgan fingerprint density at radius 1 is 1.03 bits per heavy atom. The van der Waals surface area contributed by atoms with E-state index in [0.717, 1.165) is 16.9 Å². The summed E-state index contributed by atoms with van der Waals surface area (Å²) < 4.78 is 0. The second-order valence-corrected chi connectivity index (χ2v) is 8.44. The first kappa shape index (κ1) is 21.6. The number of nitrogens with zero attached hydrogens (tertiary/aromatic N) is 1. The normalized spacial score (nSPS) is 19.7. The molecule has 2 aromatic carbocycles. The van der Waals surface area contributed by atoms with E-state index in [1.54, 1.807) is 19.1 Å². The molecule has 0 radical (unpaired) electrons. The highest BCUT2D eigenvalue weighted by molar-refractivity contribution is 6.09. The molecule has 2 N–H and O–H groups in total. The van der Waals surface area contributed by atoms with Gasteiger partial charge in [0.2, 0.25) is 5.91 Å². The maximum atomic E-state index is 12.9. The minimum absolute atomic E-state index is 0.230. The maximum absolute atomic E-state index is 12.9. The molecule has 1 saturated heterocycles. The van der Waals surface area contributed by atoms with E-state index < -0.39 is 17.5 Å². The number of benzene rings is 2. The summed E-state index contributed by atoms with van der Waals surface area (Å²) in [5, 5.41) is 5.59. The molecule has 6 heteroatoms. The molecule has 1 heterocycles. The molecule has 0 bridgehead atoms. The zero-order valence-corrected chi connectivity index (χ0v) is 17.9. The van der Waals surface area contributed by atoms with Gasteiger partial charge in [0.25, 0.3) is 5.91 Å². The predicted octanol–water partition coefficient (Wildman–Crippen LogP) is 3.53. The third kappa shape index (κ3) is 4.53. The van der Waals surface area contributed by atoms with Crippen molar-refractivity contribution in [1.29, 1.82) is 0 Å². The number of nitrogens with one attached hydrogen (secondary N) is 2. The van der Waals surface area contributed by atoms with Gasteiger partial charge in [-0.05, 0) is 42.9 Å². The minimum atomic E-state index is -1.17. The smallest absolute Gasteiger partial charge is 0.325 e. The van der Waals surface area contributed by atoms with Crippen LogP contribution in [-0.2, 0) is 21.5 Å². The van der Waals surface area contributed by atoms with E-state index >= 15 is 0 Å². The van der Waals surface area contributed by atoms with E-state index in [9.17, 15) is 14.4 Å². The summed E-state index contributed by atoms with van der Waals surface area (Å²) in [6, 6.07) is 16.4. The Morgan fingerprint density at radius 3 is 2.27 bits per heavy atom. The van der Waals surface area contributed by atoms with Crippen molar-refractivity contribution in [2.75, 3.05) is 6.54 Å². The van der Waals surface area contributed by atoms with Gasteiger partial charge in [0.1, 0.15) is 12.1 Å². The van der Waals surface area contributed by atoms with Crippen molar-refractivity contribution in [3.63, 3.8) is 0 Å². The van der Waals surface area contributed by atoms with E-state index in [1.165, 1.54) is 5.56 Å². The molecule has 1 aliphatic rings. The lowest BCUT2D eigenvalue weighted by Gasteiger charge is -2.22. The Labute approximate surface area is 177 Å². The minimum Gasteiger partial charge on any atom is -0.348 e. The third-order valence-electron chi connectivity index (χ3n) is 5.43. The van der Waals surface area contributed by atoms with Gasteiger partial charge in [-0.15, -0.1) is 0 Å². The van der Waals surface area contributed by atoms with Gasteiger partial charge in [0, 0.05) is 0 Å². The molecule has 1 aliphatic heterocycles. The van der Waals surface area contributed by atoms with Crippen LogP contribution in [0.3, 0.4) is 0 Å². The molecule has 0 unspecified atom stereocenters. The van der Waals surface area contributed by atoms with E-state index in [2.05, 4.69) is 36.6 Å². The van der Waals surface area contributed by atoms with E-state index in [4.69, 9.17) is 0 Å². The van der Waals surface area contributed by atoms with Gasteiger partial charge in [0.15, 0.2) is 0 Å². The zero-order chi connectivity index (χ0) is 21.9. The summed E-state index contributed by atoms with van der Waals surface area (Å²) >= 11 is 0. The molecule has 0 aliphatic carbocycles. The Balaban J connectivity index is 1.63. The standard InChI is InChI=1S/C24H29N3O3/c1-16(2)14-18-10-12-19(13-11-18)17(3)25-21(28)15-27-22(29)24(4,26-23(27)30)20-8-6-5-7-9-20/h5-13,16-17H,14-15H2,1-4H3,(H,25,28)(H,26,30)/t17-,24+/m1/s1. The van der Waals surface area contributed by atoms with Crippen molar-refractivity contribution in [3.05, 3.63) is 71.3 Å². The molecular formula is C24H29N3O3. The Kier molecular flexibility index (Phi) is 6.25.